The van der Waals surface area contributed by atoms with Crippen molar-refractivity contribution in [1.82, 2.24) is 10.2 Å². The van der Waals surface area contributed by atoms with Gasteiger partial charge in [-0.25, -0.2) is 0 Å². The average molecular weight is 168 g/mol. The molecule has 1 saturated carbocycles. The third-order valence-electron chi connectivity index (χ3n) is 1.85. The SMILES string of the molecule is N#Cc1c(Cl)n[nH]c1C1CC1. The Balaban J connectivity index is 2.47. The Hall–Kier alpha value is -1.01. The maximum Gasteiger partial charge on any atom is 0.168 e. The molecule has 1 aromatic rings. The second-order valence-electron chi connectivity index (χ2n) is 2.69. The van der Waals surface area contributed by atoms with Crippen molar-refractivity contribution in [3.05, 3.63) is 16.4 Å². The molecule has 0 atom stereocenters. The van der Waals surface area contributed by atoms with Crippen molar-refractivity contribution in [1.29, 1.82) is 5.26 Å². The number of halogens is 1. The van der Waals surface area contributed by atoms with Crippen LogP contribution in [0.25, 0.3) is 0 Å². The molecule has 1 aliphatic rings. The minimum Gasteiger partial charge on any atom is -0.279 e. The summed E-state index contributed by atoms with van der Waals surface area (Å²) < 4.78 is 0. The third-order valence-corrected chi connectivity index (χ3v) is 2.12. The lowest BCUT2D eigenvalue weighted by molar-refractivity contribution is 0.963. The highest BCUT2D eigenvalue weighted by Gasteiger charge is 2.29. The molecule has 11 heavy (non-hydrogen) atoms. The van der Waals surface area contributed by atoms with Crippen molar-refractivity contribution in [2.24, 2.45) is 0 Å². The highest BCUT2D eigenvalue weighted by molar-refractivity contribution is 6.30. The number of nitrogens with one attached hydrogen (secondary N) is 1. The zero-order valence-corrected chi connectivity index (χ0v) is 6.52. The van der Waals surface area contributed by atoms with Crippen molar-refractivity contribution < 1.29 is 0 Å². The van der Waals surface area contributed by atoms with Crippen LogP contribution >= 0.6 is 11.6 Å². The molecule has 0 saturated heterocycles. The molecule has 56 valence electrons. The van der Waals surface area contributed by atoms with Gasteiger partial charge in [-0.2, -0.15) is 10.4 Å². The summed E-state index contributed by atoms with van der Waals surface area (Å²) >= 11 is 5.65. The molecule has 1 aromatic heterocycles. The summed E-state index contributed by atoms with van der Waals surface area (Å²) in [7, 11) is 0. The maximum atomic E-state index is 8.67. The van der Waals surface area contributed by atoms with Crippen LogP contribution in [0.1, 0.15) is 30.0 Å². The minimum atomic E-state index is 0.300. The van der Waals surface area contributed by atoms with Gasteiger partial charge in [0.25, 0.3) is 0 Å². The van der Waals surface area contributed by atoms with Crippen molar-refractivity contribution in [3.8, 4) is 6.07 Å². The van der Waals surface area contributed by atoms with Gasteiger partial charge in [-0.3, -0.25) is 5.10 Å². The lowest BCUT2D eigenvalue weighted by Gasteiger charge is -1.88. The molecule has 0 radical (unpaired) electrons. The second-order valence-corrected chi connectivity index (χ2v) is 3.05. The van der Waals surface area contributed by atoms with Gasteiger partial charge in [0, 0.05) is 5.92 Å². The zero-order chi connectivity index (χ0) is 7.84. The van der Waals surface area contributed by atoms with E-state index in [0.29, 0.717) is 16.6 Å². The second kappa shape index (κ2) is 2.24. The molecule has 2 rings (SSSR count). The van der Waals surface area contributed by atoms with E-state index < -0.39 is 0 Å². The summed E-state index contributed by atoms with van der Waals surface area (Å²) in [5, 5.41) is 15.5. The number of aromatic amines is 1. The lowest BCUT2D eigenvalue weighted by Crippen LogP contribution is -1.82. The molecule has 0 unspecified atom stereocenters. The normalized spacial score (nSPS) is 16.4. The van der Waals surface area contributed by atoms with Crippen molar-refractivity contribution in [2.75, 3.05) is 0 Å². The topological polar surface area (TPSA) is 52.5 Å². The fraction of sp³-hybridized carbons (Fsp3) is 0.429. The van der Waals surface area contributed by atoms with Crippen molar-refractivity contribution >= 4 is 11.6 Å². The van der Waals surface area contributed by atoms with E-state index in [1.807, 2.05) is 6.07 Å². The summed E-state index contributed by atoms with van der Waals surface area (Å²) in [5.74, 6) is 0.504. The molecule has 1 aliphatic carbocycles. The van der Waals surface area contributed by atoms with E-state index in [2.05, 4.69) is 10.2 Å². The molecule has 3 nitrogen and oxygen atoms in total. The molecular formula is C7H6ClN3. The maximum absolute atomic E-state index is 8.67. The standard InChI is InChI=1S/C7H6ClN3/c8-7-5(3-9)6(10-11-7)4-1-2-4/h4H,1-2H2,(H,10,11). The molecule has 0 bridgehead atoms. The van der Waals surface area contributed by atoms with Crippen molar-refractivity contribution in [2.45, 2.75) is 18.8 Å². The van der Waals surface area contributed by atoms with Crippen LogP contribution in [0.3, 0.4) is 0 Å². The van der Waals surface area contributed by atoms with Crippen LogP contribution in [-0.4, -0.2) is 10.2 Å². The molecule has 0 amide bonds. The number of nitrogens with zero attached hydrogens (tertiary/aromatic N) is 2. The smallest absolute Gasteiger partial charge is 0.168 e. The van der Waals surface area contributed by atoms with Crippen LogP contribution in [0, 0.1) is 11.3 Å². The first-order valence-corrected chi connectivity index (χ1v) is 3.84. The summed E-state index contributed by atoms with van der Waals surface area (Å²) in [4.78, 5) is 0. The summed E-state index contributed by atoms with van der Waals surface area (Å²) in [6, 6.07) is 2.04. The van der Waals surface area contributed by atoms with Gasteiger partial charge in [0.05, 0.1) is 5.69 Å². The summed E-state index contributed by atoms with van der Waals surface area (Å²) in [6.45, 7) is 0. The molecule has 1 heterocycles. The van der Waals surface area contributed by atoms with Crippen LogP contribution in [0.5, 0.6) is 0 Å². The van der Waals surface area contributed by atoms with Gasteiger partial charge in [-0.05, 0) is 12.8 Å². The van der Waals surface area contributed by atoms with Gasteiger partial charge in [0.1, 0.15) is 11.6 Å². The third kappa shape index (κ3) is 0.997. The Kier molecular flexibility index (Phi) is 1.36. The van der Waals surface area contributed by atoms with Crippen LogP contribution in [-0.2, 0) is 0 Å². The molecule has 0 aromatic carbocycles. The van der Waals surface area contributed by atoms with Crippen LogP contribution < -0.4 is 0 Å². The van der Waals surface area contributed by atoms with Crippen LogP contribution in [0.4, 0.5) is 0 Å². The highest BCUT2D eigenvalue weighted by atomic mass is 35.5. The van der Waals surface area contributed by atoms with E-state index in [4.69, 9.17) is 16.9 Å². The Bertz CT molecular complexity index is 319. The van der Waals surface area contributed by atoms with Crippen LogP contribution in [0.15, 0.2) is 0 Å². The minimum absolute atomic E-state index is 0.300. The molecular weight excluding hydrogens is 162 g/mol. The van der Waals surface area contributed by atoms with Gasteiger partial charge >= 0.3 is 0 Å². The Morgan fingerprint density at radius 1 is 1.64 bits per heavy atom. The molecule has 1 N–H and O–H groups in total. The number of hydrogen-bond donors (Lipinski definition) is 1. The molecule has 1 fully saturated rings. The monoisotopic (exact) mass is 167 g/mol. The Morgan fingerprint density at radius 2 is 2.36 bits per heavy atom. The van der Waals surface area contributed by atoms with E-state index >= 15 is 0 Å². The number of aromatic nitrogens is 2. The van der Waals surface area contributed by atoms with E-state index in [1.165, 1.54) is 0 Å². The highest BCUT2D eigenvalue weighted by Crippen LogP contribution is 2.41. The van der Waals surface area contributed by atoms with Gasteiger partial charge in [-0.15, -0.1) is 0 Å². The largest absolute Gasteiger partial charge is 0.279 e. The fourth-order valence-corrected chi connectivity index (χ4v) is 1.29. The Morgan fingerprint density at radius 3 is 2.91 bits per heavy atom. The Labute approximate surface area is 69.0 Å². The van der Waals surface area contributed by atoms with Crippen LogP contribution in [0.2, 0.25) is 5.15 Å². The lowest BCUT2D eigenvalue weighted by atomic mass is 10.2. The van der Waals surface area contributed by atoms with Gasteiger partial charge in [0.15, 0.2) is 5.15 Å². The summed E-state index contributed by atoms with van der Waals surface area (Å²) in [5.41, 5.74) is 1.44. The first-order valence-electron chi connectivity index (χ1n) is 3.46. The van der Waals surface area contributed by atoms with E-state index in [-0.39, 0.29) is 0 Å². The first kappa shape index (κ1) is 6.68. The summed E-state index contributed by atoms with van der Waals surface area (Å²) in [6.07, 6.45) is 2.29. The quantitative estimate of drug-likeness (QED) is 0.694. The average Bonchev–Trinajstić information content (AvgIpc) is 2.76. The predicted molar refractivity (Wildman–Crippen MR) is 40.3 cm³/mol. The molecule has 0 aliphatic heterocycles. The number of H-pyrrole nitrogens is 1. The van der Waals surface area contributed by atoms with Gasteiger partial charge < -0.3 is 0 Å². The number of nitriles is 1. The number of rotatable bonds is 1. The van der Waals surface area contributed by atoms with Gasteiger partial charge in [0.2, 0.25) is 0 Å². The van der Waals surface area contributed by atoms with E-state index in [1.54, 1.807) is 0 Å². The van der Waals surface area contributed by atoms with Gasteiger partial charge in [-0.1, -0.05) is 11.6 Å². The van der Waals surface area contributed by atoms with E-state index in [9.17, 15) is 0 Å². The first-order chi connectivity index (χ1) is 5.33. The van der Waals surface area contributed by atoms with E-state index in [0.717, 1.165) is 18.5 Å². The molecule has 4 heteroatoms. The van der Waals surface area contributed by atoms with Crippen molar-refractivity contribution in [3.63, 3.8) is 0 Å². The predicted octanol–water partition coefficient (Wildman–Crippen LogP) is 1.81. The fourth-order valence-electron chi connectivity index (χ4n) is 1.11. The number of hydrogen-bond acceptors (Lipinski definition) is 2. The zero-order valence-electron chi connectivity index (χ0n) is 5.76. The molecule has 0 spiro atoms.